The van der Waals surface area contributed by atoms with Crippen LogP contribution in [0.1, 0.15) is 19.8 Å². The van der Waals surface area contributed by atoms with Crippen LogP contribution in [0.3, 0.4) is 0 Å². The van der Waals surface area contributed by atoms with E-state index in [1.165, 1.54) is 5.57 Å². The van der Waals surface area contributed by atoms with E-state index < -0.39 is 0 Å². The molecule has 1 saturated heterocycles. The molecule has 1 heterocycles. The molecule has 14 heavy (non-hydrogen) atoms. The molecular formula is C12H15NO. The van der Waals surface area contributed by atoms with E-state index in [9.17, 15) is 4.79 Å². The molecule has 0 spiro atoms. The van der Waals surface area contributed by atoms with Crippen LogP contribution < -0.4 is 0 Å². The van der Waals surface area contributed by atoms with Crippen molar-refractivity contribution in [2.24, 2.45) is 0 Å². The van der Waals surface area contributed by atoms with E-state index in [2.05, 4.69) is 31.2 Å². The van der Waals surface area contributed by atoms with Crippen LogP contribution in [-0.2, 0) is 4.79 Å². The van der Waals surface area contributed by atoms with Crippen LogP contribution in [0.2, 0.25) is 0 Å². The number of hydrogen-bond donors (Lipinski definition) is 0. The number of hydrogen-bond acceptors (Lipinski definition) is 1. The van der Waals surface area contributed by atoms with Gasteiger partial charge in [-0.3, -0.25) is 4.79 Å². The van der Waals surface area contributed by atoms with Crippen LogP contribution in [0, 0.1) is 0 Å². The van der Waals surface area contributed by atoms with Crippen molar-refractivity contribution in [1.82, 2.24) is 4.90 Å². The highest BCUT2D eigenvalue weighted by Crippen LogP contribution is 2.17. The number of amides is 1. The van der Waals surface area contributed by atoms with Gasteiger partial charge in [-0.1, -0.05) is 36.0 Å². The van der Waals surface area contributed by atoms with Gasteiger partial charge in [0.15, 0.2) is 0 Å². The summed E-state index contributed by atoms with van der Waals surface area (Å²) in [6.07, 6.45) is 12.1. The molecule has 2 aliphatic rings. The van der Waals surface area contributed by atoms with E-state index >= 15 is 0 Å². The molecule has 0 radical (unpaired) electrons. The molecule has 0 aromatic rings. The fourth-order valence-electron chi connectivity index (χ4n) is 1.88. The number of carbonyl (C=O) groups is 1. The lowest BCUT2D eigenvalue weighted by Crippen LogP contribution is -2.33. The molecule has 2 heteroatoms. The molecule has 0 N–H and O–H groups in total. The van der Waals surface area contributed by atoms with Gasteiger partial charge in [-0.2, -0.15) is 0 Å². The van der Waals surface area contributed by atoms with E-state index in [1.807, 2.05) is 11.0 Å². The van der Waals surface area contributed by atoms with Crippen molar-refractivity contribution in [3.8, 4) is 0 Å². The molecule has 2 rings (SSSR count). The summed E-state index contributed by atoms with van der Waals surface area (Å²) in [6.45, 7) is 2.96. The molecular weight excluding hydrogens is 174 g/mol. The number of nitrogens with zero attached hydrogens (tertiary/aromatic N) is 1. The third-order valence-corrected chi connectivity index (χ3v) is 2.69. The van der Waals surface area contributed by atoms with Crippen LogP contribution >= 0.6 is 0 Å². The highest BCUT2D eigenvalue weighted by atomic mass is 16.2. The van der Waals surface area contributed by atoms with Crippen molar-refractivity contribution in [2.45, 2.75) is 25.8 Å². The van der Waals surface area contributed by atoms with Gasteiger partial charge >= 0.3 is 0 Å². The van der Waals surface area contributed by atoms with Gasteiger partial charge in [0.25, 0.3) is 0 Å². The average molecular weight is 189 g/mol. The second-order valence-corrected chi connectivity index (χ2v) is 3.84. The topological polar surface area (TPSA) is 20.3 Å². The molecule has 1 unspecified atom stereocenters. The highest BCUT2D eigenvalue weighted by molar-refractivity contribution is 5.79. The second kappa shape index (κ2) is 3.82. The van der Waals surface area contributed by atoms with Crippen LogP contribution in [0.25, 0.3) is 0 Å². The maximum Gasteiger partial charge on any atom is 0.223 e. The largest absolute Gasteiger partial charge is 0.333 e. The Morgan fingerprint density at radius 1 is 1.43 bits per heavy atom. The van der Waals surface area contributed by atoms with Crippen molar-refractivity contribution >= 4 is 5.91 Å². The SMILES string of the molecule is CC1=CC=CC(N2CCCC2=O)C=C1. The zero-order chi connectivity index (χ0) is 9.97. The summed E-state index contributed by atoms with van der Waals surface area (Å²) in [6, 6.07) is 0.165. The Labute approximate surface area is 84.6 Å². The molecule has 1 aliphatic heterocycles. The number of likely N-dealkylation sites (tertiary alicyclic amines) is 1. The summed E-state index contributed by atoms with van der Waals surface area (Å²) in [5, 5.41) is 0. The normalized spacial score (nSPS) is 26.6. The predicted molar refractivity (Wildman–Crippen MR) is 56.8 cm³/mol. The first-order valence-electron chi connectivity index (χ1n) is 5.10. The Kier molecular flexibility index (Phi) is 2.53. The molecule has 1 fully saturated rings. The van der Waals surface area contributed by atoms with Gasteiger partial charge in [-0.25, -0.2) is 0 Å². The Bertz CT molecular complexity index is 325. The third-order valence-electron chi connectivity index (χ3n) is 2.69. The number of carbonyl (C=O) groups excluding carboxylic acids is 1. The summed E-state index contributed by atoms with van der Waals surface area (Å²) in [5.41, 5.74) is 1.23. The van der Waals surface area contributed by atoms with E-state index in [1.54, 1.807) is 0 Å². The van der Waals surface area contributed by atoms with Crippen LogP contribution in [0.4, 0.5) is 0 Å². The minimum absolute atomic E-state index is 0.165. The van der Waals surface area contributed by atoms with Crippen molar-refractivity contribution in [1.29, 1.82) is 0 Å². The second-order valence-electron chi connectivity index (χ2n) is 3.84. The monoisotopic (exact) mass is 189 g/mol. The van der Waals surface area contributed by atoms with Crippen LogP contribution in [-0.4, -0.2) is 23.4 Å². The number of allylic oxidation sites excluding steroid dienone is 4. The molecule has 0 aromatic carbocycles. The molecule has 0 aromatic heterocycles. The lowest BCUT2D eigenvalue weighted by Gasteiger charge is -2.21. The first-order valence-corrected chi connectivity index (χ1v) is 5.10. The highest BCUT2D eigenvalue weighted by Gasteiger charge is 2.24. The van der Waals surface area contributed by atoms with Crippen molar-refractivity contribution in [2.75, 3.05) is 6.54 Å². The Hall–Kier alpha value is -1.31. The summed E-state index contributed by atoms with van der Waals surface area (Å²) in [5.74, 6) is 0.281. The van der Waals surface area contributed by atoms with Crippen molar-refractivity contribution < 1.29 is 4.79 Å². The molecule has 0 saturated carbocycles. The maximum absolute atomic E-state index is 11.5. The van der Waals surface area contributed by atoms with Gasteiger partial charge < -0.3 is 4.90 Å². The lowest BCUT2D eigenvalue weighted by molar-refractivity contribution is -0.128. The predicted octanol–water partition coefficient (Wildman–Crippen LogP) is 2.05. The van der Waals surface area contributed by atoms with E-state index in [4.69, 9.17) is 0 Å². The van der Waals surface area contributed by atoms with Gasteiger partial charge in [0.05, 0.1) is 6.04 Å². The Balaban J connectivity index is 2.13. The summed E-state index contributed by atoms with van der Waals surface area (Å²) >= 11 is 0. The fourth-order valence-corrected chi connectivity index (χ4v) is 1.88. The standard InChI is InChI=1S/C12H15NO/c1-10-4-2-5-11(8-7-10)13-9-3-6-12(13)14/h2,4-5,7-8,11H,3,6,9H2,1H3. The average Bonchev–Trinajstić information content (AvgIpc) is 2.46. The smallest absolute Gasteiger partial charge is 0.223 e. The molecule has 1 aliphatic carbocycles. The molecule has 1 atom stereocenters. The van der Waals surface area contributed by atoms with Crippen LogP contribution in [0.15, 0.2) is 36.0 Å². The van der Waals surface area contributed by atoms with Gasteiger partial charge in [-0.15, -0.1) is 0 Å². The molecule has 1 amide bonds. The quantitative estimate of drug-likeness (QED) is 0.618. The summed E-state index contributed by atoms with van der Waals surface area (Å²) < 4.78 is 0. The van der Waals surface area contributed by atoms with Crippen molar-refractivity contribution in [3.05, 3.63) is 36.0 Å². The van der Waals surface area contributed by atoms with Gasteiger partial charge in [0.2, 0.25) is 5.91 Å². The zero-order valence-corrected chi connectivity index (χ0v) is 8.44. The van der Waals surface area contributed by atoms with E-state index in [0.29, 0.717) is 6.42 Å². The van der Waals surface area contributed by atoms with Gasteiger partial charge in [-0.05, 0) is 13.3 Å². The van der Waals surface area contributed by atoms with E-state index in [-0.39, 0.29) is 11.9 Å². The van der Waals surface area contributed by atoms with Gasteiger partial charge in [0, 0.05) is 13.0 Å². The Morgan fingerprint density at radius 2 is 2.29 bits per heavy atom. The number of rotatable bonds is 1. The first kappa shape index (κ1) is 9.25. The summed E-state index contributed by atoms with van der Waals surface area (Å²) in [4.78, 5) is 13.5. The maximum atomic E-state index is 11.5. The van der Waals surface area contributed by atoms with Crippen LogP contribution in [0.5, 0.6) is 0 Å². The minimum Gasteiger partial charge on any atom is -0.333 e. The molecule has 74 valence electrons. The van der Waals surface area contributed by atoms with E-state index in [0.717, 1.165) is 13.0 Å². The van der Waals surface area contributed by atoms with Crippen molar-refractivity contribution in [3.63, 3.8) is 0 Å². The fraction of sp³-hybridized carbons (Fsp3) is 0.417. The summed E-state index contributed by atoms with van der Waals surface area (Å²) in [7, 11) is 0. The Morgan fingerprint density at radius 3 is 3.00 bits per heavy atom. The van der Waals surface area contributed by atoms with Gasteiger partial charge in [0.1, 0.15) is 0 Å². The molecule has 0 bridgehead atoms. The first-order chi connectivity index (χ1) is 6.77. The lowest BCUT2D eigenvalue weighted by atomic mass is 10.2. The third kappa shape index (κ3) is 1.79. The zero-order valence-electron chi connectivity index (χ0n) is 8.44. The molecule has 2 nitrogen and oxygen atoms in total. The minimum atomic E-state index is 0.165.